The highest BCUT2D eigenvalue weighted by Crippen LogP contribution is 2.39. The van der Waals surface area contributed by atoms with Crippen molar-refractivity contribution in [2.24, 2.45) is 5.92 Å². The normalized spacial score (nSPS) is 28.9. The molecule has 0 aromatic carbocycles. The third kappa shape index (κ3) is 2.37. The fraction of sp³-hybridized carbons (Fsp3) is 0.867. The molecule has 2 aliphatic heterocycles. The van der Waals surface area contributed by atoms with E-state index in [1.165, 1.54) is 0 Å². The topological polar surface area (TPSA) is 40.6 Å². The lowest BCUT2D eigenvalue weighted by molar-refractivity contribution is -0.152. The highest BCUT2D eigenvalue weighted by molar-refractivity contribution is 5.93. The van der Waals surface area contributed by atoms with E-state index in [1.807, 2.05) is 30.6 Å². The van der Waals surface area contributed by atoms with Crippen molar-refractivity contribution in [2.45, 2.75) is 71.5 Å². The summed E-state index contributed by atoms with van der Waals surface area (Å²) >= 11 is 0. The minimum Gasteiger partial charge on any atom is -0.336 e. The summed E-state index contributed by atoms with van der Waals surface area (Å²) in [6, 6.07) is -0.250. The minimum atomic E-state index is -0.285. The summed E-state index contributed by atoms with van der Waals surface area (Å²) in [4.78, 5) is 28.8. The Kier molecular flexibility index (Phi) is 3.19. The van der Waals surface area contributed by atoms with Gasteiger partial charge in [-0.2, -0.15) is 0 Å². The molecule has 0 aromatic rings. The van der Waals surface area contributed by atoms with E-state index in [1.54, 1.807) is 0 Å². The molecule has 0 aliphatic carbocycles. The molecule has 4 nitrogen and oxygen atoms in total. The highest BCUT2D eigenvalue weighted by Gasteiger charge is 2.52. The van der Waals surface area contributed by atoms with E-state index >= 15 is 0 Å². The largest absolute Gasteiger partial charge is 0.336 e. The van der Waals surface area contributed by atoms with Gasteiger partial charge in [-0.3, -0.25) is 9.59 Å². The van der Waals surface area contributed by atoms with Crippen molar-refractivity contribution in [1.29, 1.82) is 0 Å². The van der Waals surface area contributed by atoms with Gasteiger partial charge in [-0.15, -0.1) is 0 Å². The number of amides is 2. The standard InChI is InChI=1S/C15H26N2O2/c1-14(2,3)16-8-7-10-9-11(18)17(15(4,5)6)12(10)13(16)19/h10,12H,7-9H2,1-6H3. The Hall–Kier alpha value is -1.06. The zero-order chi connectivity index (χ0) is 14.6. The molecule has 0 aromatic heterocycles. The molecule has 0 N–H and O–H groups in total. The molecule has 2 unspecified atom stereocenters. The first-order valence-electron chi connectivity index (χ1n) is 7.17. The van der Waals surface area contributed by atoms with Crippen LogP contribution in [0.15, 0.2) is 0 Å². The molecule has 0 spiro atoms. The predicted molar refractivity (Wildman–Crippen MR) is 74.6 cm³/mol. The van der Waals surface area contributed by atoms with Crippen LogP contribution in [-0.4, -0.2) is 45.3 Å². The average molecular weight is 266 g/mol. The van der Waals surface area contributed by atoms with E-state index in [2.05, 4.69) is 20.8 Å². The van der Waals surface area contributed by atoms with Crippen LogP contribution in [0.1, 0.15) is 54.4 Å². The summed E-state index contributed by atoms with van der Waals surface area (Å²) in [6.07, 6.45) is 1.47. The van der Waals surface area contributed by atoms with Crippen molar-refractivity contribution in [3.8, 4) is 0 Å². The Balaban J connectivity index is 2.33. The molecule has 2 atom stereocenters. The van der Waals surface area contributed by atoms with Gasteiger partial charge in [0.15, 0.2) is 0 Å². The van der Waals surface area contributed by atoms with Gasteiger partial charge in [0.25, 0.3) is 0 Å². The summed E-state index contributed by atoms with van der Waals surface area (Å²) in [5.74, 6) is 0.467. The van der Waals surface area contributed by atoms with E-state index < -0.39 is 0 Å². The molecule has 2 saturated heterocycles. The molecule has 2 fully saturated rings. The number of likely N-dealkylation sites (tertiary alicyclic amines) is 2. The van der Waals surface area contributed by atoms with Crippen LogP contribution in [0.2, 0.25) is 0 Å². The van der Waals surface area contributed by atoms with Crippen LogP contribution in [0.4, 0.5) is 0 Å². The number of carbonyl (C=O) groups excluding carboxylic acids is 2. The van der Waals surface area contributed by atoms with E-state index in [-0.39, 0.29) is 34.9 Å². The summed E-state index contributed by atoms with van der Waals surface area (Å²) < 4.78 is 0. The quantitative estimate of drug-likeness (QED) is 0.673. The maximum Gasteiger partial charge on any atom is 0.246 e. The maximum atomic E-state index is 12.8. The van der Waals surface area contributed by atoms with Gasteiger partial charge in [0.05, 0.1) is 0 Å². The van der Waals surface area contributed by atoms with Crippen molar-refractivity contribution in [3.05, 3.63) is 0 Å². The molecule has 4 heteroatoms. The first kappa shape index (κ1) is 14.4. The van der Waals surface area contributed by atoms with Crippen LogP contribution in [0, 0.1) is 5.92 Å². The first-order chi connectivity index (χ1) is 8.53. The highest BCUT2D eigenvalue weighted by atomic mass is 16.2. The zero-order valence-electron chi connectivity index (χ0n) is 13.0. The predicted octanol–water partition coefficient (Wildman–Crippen LogP) is 2.03. The number of hydrogen-bond acceptors (Lipinski definition) is 2. The number of hydrogen-bond donors (Lipinski definition) is 0. The lowest BCUT2D eigenvalue weighted by Gasteiger charge is -2.46. The van der Waals surface area contributed by atoms with Crippen molar-refractivity contribution in [2.75, 3.05) is 6.54 Å². The van der Waals surface area contributed by atoms with Gasteiger partial charge in [-0.1, -0.05) is 0 Å². The molecule has 108 valence electrons. The van der Waals surface area contributed by atoms with Crippen molar-refractivity contribution < 1.29 is 9.59 Å². The molecule has 0 bridgehead atoms. The zero-order valence-corrected chi connectivity index (χ0v) is 13.0. The Bertz CT molecular complexity index is 403. The number of carbonyl (C=O) groups is 2. The lowest BCUT2D eigenvalue weighted by Crippen LogP contribution is -2.61. The van der Waals surface area contributed by atoms with Crippen LogP contribution in [0.3, 0.4) is 0 Å². The summed E-state index contributed by atoms with van der Waals surface area (Å²) in [5, 5.41) is 0. The minimum absolute atomic E-state index is 0.129. The Morgan fingerprint density at radius 3 is 2.05 bits per heavy atom. The molecular formula is C15H26N2O2. The number of rotatable bonds is 0. The van der Waals surface area contributed by atoms with Crippen molar-refractivity contribution in [3.63, 3.8) is 0 Å². The molecule has 0 saturated carbocycles. The van der Waals surface area contributed by atoms with Crippen molar-refractivity contribution >= 4 is 11.8 Å². The van der Waals surface area contributed by atoms with Gasteiger partial charge in [-0.25, -0.2) is 0 Å². The molecular weight excluding hydrogens is 240 g/mol. The number of fused-ring (bicyclic) bond motifs is 1. The van der Waals surface area contributed by atoms with Gasteiger partial charge in [0, 0.05) is 24.0 Å². The molecule has 2 heterocycles. The molecule has 0 radical (unpaired) electrons. The SMILES string of the molecule is CC(C)(C)N1CCC2CC(=O)N(C(C)(C)C)C2C1=O. The Morgan fingerprint density at radius 1 is 1.00 bits per heavy atom. The third-order valence-corrected chi connectivity index (χ3v) is 4.21. The molecule has 2 aliphatic rings. The van der Waals surface area contributed by atoms with E-state index in [4.69, 9.17) is 0 Å². The van der Waals surface area contributed by atoms with Crippen LogP contribution in [-0.2, 0) is 9.59 Å². The Morgan fingerprint density at radius 2 is 1.58 bits per heavy atom. The second-order valence-electron chi connectivity index (χ2n) is 7.79. The fourth-order valence-corrected chi connectivity index (χ4v) is 3.39. The number of nitrogens with zero attached hydrogens (tertiary/aromatic N) is 2. The van der Waals surface area contributed by atoms with Gasteiger partial charge >= 0.3 is 0 Å². The average Bonchev–Trinajstić information content (AvgIpc) is 2.52. The summed E-state index contributed by atoms with van der Waals surface area (Å²) in [6.45, 7) is 13.0. The molecule has 2 rings (SSSR count). The van der Waals surface area contributed by atoms with Gasteiger partial charge in [0.2, 0.25) is 11.8 Å². The molecule has 2 amide bonds. The van der Waals surface area contributed by atoms with E-state index in [9.17, 15) is 9.59 Å². The van der Waals surface area contributed by atoms with Crippen LogP contribution >= 0.6 is 0 Å². The second-order valence-corrected chi connectivity index (χ2v) is 7.79. The van der Waals surface area contributed by atoms with Gasteiger partial charge < -0.3 is 9.80 Å². The smallest absolute Gasteiger partial charge is 0.246 e. The monoisotopic (exact) mass is 266 g/mol. The molecule has 19 heavy (non-hydrogen) atoms. The summed E-state index contributed by atoms with van der Waals surface area (Å²) in [7, 11) is 0. The lowest BCUT2D eigenvalue weighted by atomic mass is 9.87. The third-order valence-electron chi connectivity index (χ3n) is 4.21. The number of piperidine rings is 1. The fourth-order valence-electron chi connectivity index (χ4n) is 3.39. The van der Waals surface area contributed by atoms with E-state index in [0.717, 1.165) is 13.0 Å². The van der Waals surface area contributed by atoms with Crippen molar-refractivity contribution in [1.82, 2.24) is 9.80 Å². The van der Waals surface area contributed by atoms with Gasteiger partial charge in [0.1, 0.15) is 6.04 Å². The Labute approximate surface area is 116 Å². The first-order valence-corrected chi connectivity index (χ1v) is 7.17. The van der Waals surface area contributed by atoms with Crippen LogP contribution < -0.4 is 0 Å². The second kappa shape index (κ2) is 4.22. The van der Waals surface area contributed by atoms with Gasteiger partial charge in [-0.05, 0) is 53.9 Å². The maximum absolute atomic E-state index is 12.8. The van der Waals surface area contributed by atoms with Crippen LogP contribution in [0.25, 0.3) is 0 Å². The summed E-state index contributed by atoms with van der Waals surface area (Å²) in [5.41, 5.74) is -0.454. The van der Waals surface area contributed by atoms with E-state index in [0.29, 0.717) is 6.42 Å². The van der Waals surface area contributed by atoms with Crippen LogP contribution in [0.5, 0.6) is 0 Å².